The van der Waals surface area contributed by atoms with Crippen LogP contribution in [-0.2, 0) is 0 Å². The molecule has 0 heterocycles. The Balaban J connectivity index is 2.28. The lowest BCUT2D eigenvalue weighted by molar-refractivity contribution is 0.142. The third kappa shape index (κ3) is 2.70. The Labute approximate surface area is 110 Å². The first-order chi connectivity index (χ1) is 8.59. The summed E-state index contributed by atoms with van der Waals surface area (Å²) in [5, 5.41) is 10.4. The Morgan fingerprint density at radius 1 is 1.11 bits per heavy atom. The first-order valence-corrected chi connectivity index (χ1v) is 5.91. The van der Waals surface area contributed by atoms with E-state index < -0.39 is 18.0 Å². The van der Waals surface area contributed by atoms with Crippen molar-refractivity contribution in [1.29, 1.82) is 0 Å². The summed E-state index contributed by atoms with van der Waals surface area (Å²) in [6.07, 6.45) is -1.11. The van der Waals surface area contributed by atoms with Crippen LogP contribution in [0.2, 0.25) is 5.02 Å². The maximum Gasteiger partial charge on any atom is 0.130 e. The number of nitrogens with two attached hydrogens (primary N) is 1. The van der Waals surface area contributed by atoms with Crippen LogP contribution in [0.15, 0.2) is 48.5 Å². The van der Waals surface area contributed by atoms with Crippen molar-refractivity contribution in [2.75, 3.05) is 0 Å². The summed E-state index contributed by atoms with van der Waals surface area (Å²) in [6.45, 7) is 0. The highest BCUT2D eigenvalue weighted by Gasteiger charge is 2.21. The standard InChI is InChI=1S/C14H13ClFNO/c15-10-6-7-11(12(16)8-10)14(18)13(17)9-4-2-1-3-5-9/h1-8,13-14,18H,17H2. The minimum atomic E-state index is -1.11. The Kier molecular flexibility index (Phi) is 3.97. The molecule has 18 heavy (non-hydrogen) atoms. The molecular weight excluding hydrogens is 253 g/mol. The molecule has 2 nitrogen and oxygen atoms in total. The SMILES string of the molecule is NC(c1ccccc1)C(O)c1ccc(Cl)cc1F. The molecule has 3 N–H and O–H groups in total. The van der Waals surface area contributed by atoms with Crippen LogP contribution in [0, 0.1) is 5.82 Å². The number of benzene rings is 2. The highest BCUT2D eigenvalue weighted by molar-refractivity contribution is 6.30. The van der Waals surface area contributed by atoms with E-state index in [1.807, 2.05) is 18.2 Å². The van der Waals surface area contributed by atoms with Gasteiger partial charge in [-0.3, -0.25) is 0 Å². The second kappa shape index (κ2) is 5.48. The maximum absolute atomic E-state index is 13.7. The number of aliphatic hydroxyl groups excluding tert-OH is 1. The molecule has 0 aliphatic rings. The van der Waals surface area contributed by atoms with Crippen LogP contribution in [0.5, 0.6) is 0 Å². The fourth-order valence-electron chi connectivity index (χ4n) is 1.79. The molecular formula is C14H13ClFNO. The predicted molar refractivity (Wildman–Crippen MR) is 69.7 cm³/mol. The second-order valence-electron chi connectivity index (χ2n) is 4.05. The molecule has 2 aromatic rings. The number of aliphatic hydroxyl groups is 1. The van der Waals surface area contributed by atoms with Crippen molar-refractivity contribution in [1.82, 2.24) is 0 Å². The average molecular weight is 266 g/mol. The van der Waals surface area contributed by atoms with Gasteiger partial charge in [-0.05, 0) is 17.7 Å². The lowest BCUT2D eigenvalue weighted by Gasteiger charge is -2.20. The van der Waals surface area contributed by atoms with Crippen molar-refractivity contribution >= 4 is 11.6 Å². The van der Waals surface area contributed by atoms with E-state index in [1.54, 1.807) is 12.1 Å². The lowest BCUT2D eigenvalue weighted by atomic mass is 9.96. The van der Waals surface area contributed by atoms with Gasteiger partial charge in [0.25, 0.3) is 0 Å². The minimum absolute atomic E-state index is 0.149. The normalized spacial score (nSPS) is 14.2. The second-order valence-corrected chi connectivity index (χ2v) is 4.48. The maximum atomic E-state index is 13.7. The van der Waals surface area contributed by atoms with E-state index in [-0.39, 0.29) is 10.6 Å². The first-order valence-electron chi connectivity index (χ1n) is 5.53. The van der Waals surface area contributed by atoms with Gasteiger partial charge in [0, 0.05) is 10.6 Å². The Morgan fingerprint density at radius 3 is 2.39 bits per heavy atom. The van der Waals surface area contributed by atoms with Gasteiger partial charge >= 0.3 is 0 Å². The van der Waals surface area contributed by atoms with Crippen molar-refractivity contribution in [2.45, 2.75) is 12.1 Å². The summed E-state index contributed by atoms with van der Waals surface area (Å²) in [6, 6.07) is 12.5. The molecule has 0 saturated carbocycles. The van der Waals surface area contributed by atoms with E-state index in [2.05, 4.69) is 0 Å². The monoisotopic (exact) mass is 265 g/mol. The molecule has 2 atom stereocenters. The van der Waals surface area contributed by atoms with Gasteiger partial charge in [0.05, 0.1) is 6.04 Å². The van der Waals surface area contributed by atoms with Gasteiger partial charge in [0.1, 0.15) is 11.9 Å². The van der Waals surface area contributed by atoms with Gasteiger partial charge in [-0.25, -0.2) is 4.39 Å². The van der Waals surface area contributed by atoms with Crippen molar-refractivity contribution in [3.05, 3.63) is 70.5 Å². The largest absolute Gasteiger partial charge is 0.386 e. The summed E-state index contributed by atoms with van der Waals surface area (Å²) < 4.78 is 13.7. The fourth-order valence-corrected chi connectivity index (χ4v) is 1.95. The van der Waals surface area contributed by atoms with Crippen LogP contribution < -0.4 is 5.73 Å². The molecule has 94 valence electrons. The van der Waals surface area contributed by atoms with Crippen LogP contribution in [0.4, 0.5) is 4.39 Å². The quantitative estimate of drug-likeness (QED) is 0.895. The molecule has 0 aliphatic heterocycles. The molecule has 0 amide bonds. The van der Waals surface area contributed by atoms with Crippen LogP contribution >= 0.6 is 11.6 Å². The number of halogens is 2. The zero-order valence-corrected chi connectivity index (χ0v) is 10.3. The van der Waals surface area contributed by atoms with Crippen molar-refractivity contribution in [3.8, 4) is 0 Å². The molecule has 0 saturated heterocycles. The molecule has 0 aliphatic carbocycles. The fraction of sp³-hybridized carbons (Fsp3) is 0.143. The minimum Gasteiger partial charge on any atom is -0.386 e. The highest BCUT2D eigenvalue weighted by Crippen LogP contribution is 2.29. The summed E-state index contributed by atoms with van der Waals surface area (Å²) >= 11 is 5.67. The van der Waals surface area contributed by atoms with E-state index in [0.29, 0.717) is 0 Å². The van der Waals surface area contributed by atoms with E-state index in [1.165, 1.54) is 12.1 Å². The molecule has 0 radical (unpaired) electrons. The highest BCUT2D eigenvalue weighted by atomic mass is 35.5. The third-order valence-corrected chi connectivity index (χ3v) is 3.04. The van der Waals surface area contributed by atoms with Gasteiger partial charge in [0.15, 0.2) is 0 Å². The van der Waals surface area contributed by atoms with Gasteiger partial charge in [-0.2, -0.15) is 0 Å². The molecule has 2 aromatic carbocycles. The van der Waals surface area contributed by atoms with Crippen LogP contribution in [0.3, 0.4) is 0 Å². The topological polar surface area (TPSA) is 46.2 Å². The molecule has 2 rings (SSSR count). The smallest absolute Gasteiger partial charge is 0.130 e. The van der Waals surface area contributed by atoms with E-state index in [9.17, 15) is 9.50 Å². The Hall–Kier alpha value is -1.42. The van der Waals surface area contributed by atoms with Crippen LogP contribution in [-0.4, -0.2) is 5.11 Å². The number of hydrogen-bond acceptors (Lipinski definition) is 2. The number of rotatable bonds is 3. The molecule has 0 aromatic heterocycles. The van der Waals surface area contributed by atoms with Crippen LogP contribution in [0.1, 0.15) is 23.3 Å². The zero-order chi connectivity index (χ0) is 13.1. The molecule has 2 unspecified atom stereocenters. The molecule has 4 heteroatoms. The lowest BCUT2D eigenvalue weighted by Crippen LogP contribution is -2.20. The molecule has 0 spiro atoms. The van der Waals surface area contributed by atoms with Crippen molar-refractivity contribution < 1.29 is 9.50 Å². The van der Waals surface area contributed by atoms with E-state index in [4.69, 9.17) is 17.3 Å². The molecule has 0 fully saturated rings. The predicted octanol–water partition coefficient (Wildman–Crippen LogP) is 3.21. The zero-order valence-electron chi connectivity index (χ0n) is 9.55. The average Bonchev–Trinajstić information content (AvgIpc) is 2.38. The van der Waals surface area contributed by atoms with E-state index >= 15 is 0 Å². The Morgan fingerprint density at radius 2 is 1.78 bits per heavy atom. The molecule has 0 bridgehead atoms. The van der Waals surface area contributed by atoms with Crippen LogP contribution in [0.25, 0.3) is 0 Å². The van der Waals surface area contributed by atoms with Gasteiger partial charge in [-0.15, -0.1) is 0 Å². The van der Waals surface area contributed by atoms with Gasteiger partial charge in [0.2, 0.25) is 0 Å². The Bertz CT molecular complexity index is 533. The third-order valence-electron chi connectivity index (χ3n) is 2.81. The van der Waals surface area contributed by atoms with Gasteiger partial charge in [-0.1, -0.05) is 48.0 Å². The summed E-state index contributed by atoms with van der Waals surface area (Å²) in [5.41, 5.74) is 6.83. The van der Waals surface area contributed by atoms with Gasteiger partial charge < -0.3 is 10.8 Å². The summed E-state index contributed by atoms with van der Waals surface area (Å²) in [4.78, 5) is 0. The van der Waals surface area contributed by atoms with Crippen molar-refractivity contribution in [3.63, 3.8) is 0 Å². The summed E-state index contributed by atoms with van der Waals surface area (Å²) in [5.74, 6) is -0.554. The van der Waals surface area contributed by atoms with Crippen molar-refractivity contribution in [2.24, 2.45) is 5.73 Å². The first kappa shape index (κ1) is 13.0. The van der Waals surface area contributed by atoms with E-state index in [0.717, 1.165) is 11.6 Å². The number of hydrogen-bond donors (Lipinski definition) is 2. The summed E-state index contributed by atoms with van der Waals surface area (Å²) in [7, 11) is 0.